The summed E-state index contributed by atoms with van der Waals surface area (Å²) in [4.78, 5) is 0. The van der Waals surface area contributed by atoms with Crippen molar-refractivity contribution in [3.05, 3.63) is 65.5 Å². The largest absolute Gasteiger partial charge is 0.394 e. The molecule has 0 saturated carbocycles. The molecule has 0 spiro atoms. The lowest BCUT2D eigenvalue weighted by molar-refractivity contribution is 0.151. The Morgan fingerprint density at radius 3 is 2.25 bits per heavy atom. The van der Waals surface area contributed by atoms with E-state index in [1.54, 1.807) is 6.07 Å². The zero-order chi connectivity index (χ0) is 14.5. The van der Waals surface area contributed by atoms with Crippen molar-refractivity contribution < 1.29 is 18.3 Å². The van der Waals surface area contributed by atoms with Crippen LogP contribution in [0.15, 0.2) is 48.5 Å². The minimum absolute atomic E-state index is 0.0955. The summed E-state index contributed by atoms with van der Waals surface area (Å²) in [7, 11) is 0. The summed E-state index contributed by atoms with van der Waals surface area (Å²) in [5.74, 6) is -0.365. The Hall–Kier alpha value is -2.01. The van der Waals surface area contributed by atoms with E-state index >= 15 is 0 Å². The van der Waals surface area contributed by atoms with Crippen LogP contribution in [-0.2, 0) is 0 Å². The predicted octanol–water partition coefficient (Wildman–Crippen LogP) is 3.91. The predicted molar refractivity (Wildman–Crippen MR) is 71.2 cm³/mol. The molecule has 2 aromatic carbocycles. The zero-order valence-corrected chi connectivity index (χ0v) is 10.6. The van der Waals surface area contributed by atoms with E-state index in [0.29, 0.717) is 11.3 Å². The number of rotatable bonds is 5. The molecule has 2 N–H and O–H groups in total. The van der Waals surface area contributed by atoms with Crippen molar-refractivity contribution in [2.24, 2.45) is 0 Å². The third-order valence-corrected chi connectivity index (χ3v) is 2.93. The van der Waals surface area contributed by atoms with Gasteiger partial charge in [0.15, 0.2) is 0 Å². The van der Waals surface area contributed by atoms with Gasteiger partial charge in [0.05, 0.1) is 12.6 Å². The van der Waals surface area contributed by atoms with Crippen molar-refractivity contribution in [1.82, 2.24) is 0 Å². The molecule has 2 nitrogen and oxygen atoms in total. The third kappa shape index (κ3) is 3.51. The molecule has 1 atom stereocenters. The Morgan fingerprint density at radius 2 is 1.65 bits per heavy atom. The summed E-state index contributed by atoms with van der Waals surface area (Å²) in [6.07, 6.45) is -2.56. The summed E-state index contributed by atoms with van der Waals surface area (Å²) in [6.45, 7) is -0.260. The summed E-state index contributed by atoms with van der Waals surface area (Å²) in [5.41, 5.74) is 1.06. The quantitative estimate of drug-likeness (QED) is 0.871. The number of benzene rings is 2. The molecular formula is C15H14F3NO. The van der Waals surface area contributed by atoms with Crippen molar-refractivity contribution in [2.45, 2.75) is 12.5 Å². The van der Waals surface area contributed by atoms with Gasteiger partial charge in [0.2, 0.25) is 0 Å². The molecule has 0 radical (unpaired) electrons. The average molecular weight is 281 g/mol. The van der Waals surface area contributed by atoms with E-state index in [1.807, 2.05) is 0 Å². The highest BCUT2D eigenvalue weighted by atomic mass is 19.3. The lowest BCUT2D eigenvalue weighted by Crippen LogP contribution is -2.15. The SMILES string of the molecule is OCC(Nc1ccc(F)cc1)c1cccc(C(F)F)c1. The maximum absolute atomic E-state index is 12.8. The molecule has 106 valence electrons. The highest BCUT2D eigenvalue weighted by Crippen LogP contribution is 2.24. The Labute approximate surface area is 114 Å². The molecule has 2 rings (SSSR count). The number of aliphatic hydroxyl groups excluding tert-OH is 1. The van der Waals surface area contributed by atoms with E-state index in [2.05, 4.69) is 5.32 Å². The van der Waals surface area contributed by atoms with Crippen molar-refractivity contribution in [3.63, 3.8) is 0 Å². The Balaban J connectivity index is 2.19. The normalized spacial score (nSPS) is 12.4. The van der Waals surface area contributed by atoms with E-state index in [0.717, 1.165) is 0 Å². The molecule has 0 heterocycles. The maximum atomic E-state index is 12.8. The summed E-state index contributed by atoms with van der Waals surface area (Å²) >= 11 is 0. The summed E-state index contributed by atoms with van der Waals surface area (Å²) in [6, 6.07) is 10.9. The van der Waals surface area contributed by atoms with Crippen molar-refractivity contribution >= 4 is 5.69 Å². The van der Waals surface area contributed by atoms with Crippen molar-refractivity contribution in [2.75, 3.05) is 11.9 Å². The second kappa shape index (κ2) is 6.43. The van der Waals surface area contributed by atoms with E-state index in [-0.39, 0.29) is 18.0 Å². The fourth-order valence-corrected chi connectivity index (χ4v) is 1.89. The lowest BCUT2D eigenvalue weighted by atomic mass is 10.0. The number of nitrogens with one attached hydrogen (secondary N) is 1. The fraction of sp³-hybridized carbons (Fsp3) is 0.200. The first kappa shape index (κ1) is 14.4. The Kier molecular flexibility index (Phi) is 4.63. The summed E-state index contributed by atoms with van der Waals surface area (Å²) < 4.78 is 38.1. The van der Waals surface area contributed by atoms with Gasteiger partial charge in [-0.3, -0.25) is 0 Å². The second-order valence-corrected chi connectivity index (χ2v) is 4.36. The van der Waals surface area contributed by atoms with Crippen LogP contribution in [0.5, 0.6) is 0 Å². The number of hydrogen-bond donors (Lipinski definition) is 2. The van der Waals surface area contributed by atoms with Gasteiger partial charge < -0.3 is 10.4 Å². The minimum Gasteiger partial charge on any atom is -0.394 e. The second-order valence-electron chi connectivity index (χ2n) is 4.36. The zero-order valence-electron chi connectivity index (χ0n) is 10.6. The van der Waals surface area contributed by atoms with Crippen LogP contribution in [0.4, 0.5) is 18.9 Å². The molecule has 0 aliphatic rings. The molecule has 5 heteroatoms. The minimum atomic E-state index is -2.56. The lowest BCUT2D eigenvalue weighted by Gasteiger charge is -2.18. The van der Waals surface area contributed by atoms with Crippen molar-refractivity contribution in [3.8, 4) is 0 Å². The van der Waals surface area contributed by atoms with Gasteiger partial charge in [-0.25, -0.2) is 13.2 Å². The van der Waals surface area contributed by atoms with Crippen LogP contribution in [0, 0.1) is 5.82 Å². The molecule has 0 aromatic heterocycles. The molecule has 0 aliphatic heterocycles. The first-order chi connectivity index (χ1) is 9.60. The first-order valence-electron chi connectivity index (χ1n) is 6.11. The number of halogens is 3. The number of anilines is 1. The van der Waals surface area contributed by atoms with Crippen LogP contribution < -0.4 is 5.32 Å². The Morgan fingerprint density at radius 1 is 1.00 bits per heavy atom. The first-order valence-corrected chi connectivity index (χ1v) is 6.11. The standard InChI is InChI=1S/C15H14F3NO/c16-12-4-6-13(7-5-12)19-14(9-20)10-2-1-3-11(8-10)15(17)18/h1-8,14-15,19-20H,9H2. The molecule has 0 bridgehead atoms. The third-order valence-electron chi connectivity index (χ3n) is 2.93. The van der Waals surface area contributed by atoms with Crippen LogP contribution in [0.25, 0.3) is 0 Å². The molecule has 20 heavy (non-hydrogen) atoms. The molecular weight excluding hydrogens is 267 g/mol. The molecule has 0 saturated heterocycles. The van der Waals surface area contributed by atoms with Gasteiger partial charge in [-0.05, 0) is 35.9 Å². The molecule has 0 aliphatic carbocycles. The Bertz CT molecular complexity index is 557. The average Bonchev–Trinajstić information content (AvgIpc) is 2.46. The van der Waals surface area contributed by atoms with Crippen LogP contribution >= 0.6 is 0 Å². The van der Waals surface area contributed by atoms with Crippen LogP contribution in [0.2, 0.25) is 0 Å². The van der Waals surface area contributed by atoms with Gasteiger partial charge >= 0.3 is 0 Å². The van der Waals surface area contributed by atoms with E-state index < -0.39 is 12.5 Å². The van der Waals surface area contributed by atoms with Gasteiger partial charge in [-0.1, -0.05) is 18.2 Å². The molecule has 0 fully saturated rings. The van der Waals surface area contributed by atoms with Gasteiger partial charge in [0.25, 0.3) is 6.43 Å². The number of aliphatic hydroxyl groups is 1. The molecule has 0 amide bonds. The van der Waals surface area contributed by atoms with Crippen LogP contribution in [-0.4, -0.2) is 11.7 Å². The topological polar surface area (TPSA) is 32.3 Å². The highest BCUT2D eigenvalue weighted by Gasteiger charge is 2.13. The van der Waals surface area contributed by atoms with Gasteiger partial charge in [0.1, 0.15) is 5.82 Å². The molecule has 1 unspecified atom stereocenters. The van der Waals surface area contributed by atoms with Gasteiger partial charge in [-0.2, -0.15) is 0 Å². The van der Waals surface area contributed by atoms with Gasteiger partial charge in [0, 0.05) is 11.3 Å². The van der Waals surface area contributed by atoms with Crippen molar-refractivity contribution in [1.29, 1.82) is 0 Å². The van der Waals surface area contributed by atoms with Crippen LogP contribution in [0.3, 0.4) is 0 Å². The van der Waals surface area contributed by atoms with E-state index in [9.17, 15) is 18.3 Å². The van der Waals surface area contributed by atoms with Gasteiger partial charge in [-0.15, -0.1) is 0 Å². The molecule has 2 aromatic rings. The van der Waals surface area contributed by atoms with E-state index in [4.69, 9.17) is 0 Å². The van der Waals surface area contributed by atoms with E-state index in [1.165, 1.54) is 42.5 Å². The monoisotopic (exact) mass is 281 g/mol. The van der Waals surface area contributed by atoms with Crippen LogP contribution in [0.1, 0.15) is 23.6 Å². The fourth-order valence-electron chi connectivity index (χ4n) is 1.89. The summed E-state index contributed by atoms with van der Waals surface area (Å²) in [5, 5.41) is 12.4. The number of alkyl halides is 2. The maximum Gasteiger partial charge on any atom is 0.263 e. The highest BCUT2D eigenvalue weighted by molar-refractivity contribution is 5.46. The smallest absolute Gasteiger partial charge is 0.263 e. The number of hydrogen-bond acceptors (Lipinski definition) is 2.